The van der Waals surface area contributed by atoms with E-state index in [0.717, 1.165) is 36.7 Å². The number of aliphatic imine (C=N–C) groups is 1. The molecule has 1 fully saturated rings. The van der Waals surface area contributed by atoms with Crippen molar-refractivity contribution in [3.63, 3.8) is 0 Å². The van der Waals surface area contributed by atoms with Crippen molar-refractivity contribution in [3.05, 3.63) is 52.8 Å². The molecule has 9 heteroatoms. The third-order valence-electron chi connectivity index (χ3n) is 5.53. The van der Waals surface area contributed by atoms with Crippen molar-refractivity contribution in [2.45, 2.75) is 59.4 Å². The van der Waals surface area contributed by atoms with Gasteiger partial charge in [0.1, 0.15) is 0 Å². The first-order chi connectivity index (χ1) is 15.4. The van der Waals surface area contributed by atoms with Crippen LogP contribution in [0.1, 0.15) is 47.6 Å². The average molecular weight is 569 g/mol. The van der Waals surface area contributed by atoms with Crippen molar-refractivity contribution in [1.82, 2.24) is 25.3 Å². The summed E-state index contributed by atoms with van der Waals surface area (Å²) in [5.41, 5.74) is 4.04. The monoisotopic (exact) mass is 568 g/mol. The number of ether oxygens (including phenoxy) is 1. The lowest BCUT2D eigenvalue weighted by atomic mass is 10.1. The molecule has 1 aromatic heterocycles. The van der Waals surface area contributed by atoms with Crippen LogP contribution in [0.25, 0.3) is 0 Å². The lowest BCUT2D eigenvalue weighted by molar-refractivity contribution is -0.0586. The number of guanidine groups is 1. The fourth-order valence-electron chi connectivity index (χ4n) is 4.03. The lowest BCUT2D eigenvalue weighted by Gasteiger charge is -2.35. The van der Waals surface area contributed by atoms with Crippen LogP contribution in [0.3, 0.4) is 0 Å². The Balaban J connectivity index is 0.00000385. The van der Waals surface area contributed by atoms with Crippen molar-refractivity contribution < 1.29 is 9.53 Å². The highest BCUT2D eigenvalue weighted by molar-refractivity contribution is 14.0. The van der Waals surface area contributed by atoms with Crippen LogP contribution < -0.4 is 10.6 Å². The molecular weight excluding hydrogens is 531 g/mol. The Morgan fingerprint density at radius 1 is 1.15 bits per heavy atom. The summed E-state index contributed by atoms with van der Waals surface area (Å²) < 4.78 is 7.76. The molecule has 2 unspecified atom stereocenters. The molecular formula is C24H37IN6O2. The van der Waals surface area contributed by atoms with E-state index in [1.165, 1.54) is 5.69 Å². The van der Waals surface area contributed by atoms with Gasteiger partial charge in [0, 0.05) is 51.0 Å². The van der Waals surface area contributed by atoms with E-state index in [1.54, 1.807) is 7.05 Å². The molecule has 0 bridgehead atoms. The molecule has 1 aliphatic heterocycles. The molecule has 0 spiro atoms. The molecule has 0 saturated carbocycles. The quantitative estimate of drug-likeness (QED) is 0.232. The zero-order chi connectivity index (χ0) is 23.1. The van der Waals surface area contributed by atoms with Gasteiger partial charge in [0.2, 0.25) is 0 Å². The standard InChI is InChI=1S/C24H36N6O2.HI/c1-17-13-18(2)30(28-17)12-6-11-26-24(25-5)27-14-21-7-9-22(10-8-21)23(31)29-15-19(3)32-20(4)16-29;/h7-10,13,19-20H,6,11-12,14-16H2,1-5H3,(H2,25,26,27);1H. The highest BCUT2D eigenvalue weighted by atomic mass is 127. The molecule has 2 heterocycles. The number of aryl methyl sites for hydroxylation is 3. The van der Waals surface area contributed by atoms with Gasteiger partial charge in [0.05, 0.1) is 17.9 Å². The van der Waals surface area contributed by atoms with Crippen molar-refractivity contribution in [2.24, 2.45) is 4.99 Å². The molecule has 2 atom stereocenters. The predicted molar refractivity (Wildman–Crippen MR) is 142 cm³/mol. The highest BCUT2D eigenvalue weighted by Crippen LogP contribution is 2.15. The van der Waals surface area contributed by atoms with Crippen LogP contribution in [-0.4, -0.2) is 65.4 Å². The fourth-order valence-corrected chi connectivity index (χ4v) is 4.03. The maximum absolute atomic E-state index is 12.8. The van der Waals surface area contributed by atoms with Gasteiger partial charge in [-0.05, 0) is 57.9 Å². The number of amides is 1. The first-order valence-corrected chi connectivity index (χ1v) is 11.3. The van der Waals surface area contributed by atoms with Crippen molar-refractivity contribution in [2.75, 3.05) is 26.7 Å². The summed E-state index contributed by atoms with van der Waals surface area (Å²) in [6.07, 6.45) is 1.09. The summed E-state index contributed by atoms with van der Waals surface area (Å²) in [5.74, 6) is 0.821. The fraction of sp³-hybridized carbons (Fsp3) is 0.542. The number of nitrogens with zero attached hydrogens (tertiary/aromatic N) is 4. The summed E-state index contributed by atoms with van der Waals surface area (Å²) in [4.78, 5) is 19.0. The maximum atomic E-state index is 12.8. The largest absolute Gasteiger partial charge is 0.372 e. The van der Waals surface area contributed by atoms with E-state index in [0.29, 0.717) is 25.2 Å². The van der Waals surface area contributed by atoms with Crippen LogP contribution >= 0.6 is 24.0 Å². The topological polar surface area (TPSA) is 83.8 Å². The maximum Gasteiger partial charge on any atom is 0.254 e. The van der Waals surface area contributed by atoms with E-state index >= 15 is 0 Å². The number of nitrogens with one attached hydrogen (secondary N) is 2. The van der Waals surface area contributed by atoms with Crippen molar-refractivity contribution in [3.8, 4) is 0 Å². The van der Waals surface area contributed by atoms with Crippen LogP contribution in [0, 0.1) is 13.8 Å². The molecule has 182 valence electrons. The highest BCUT2D eigenvalue weighted by Gasteiger charge is 2.26. The molecule has 1 amide bonds. The average Bonchev–Trinajstić information content (AvgIpc) is 3.09. The van der Waals surface area contributed by atoms with Crippen LogP contribution in [0.4, 0.5) is 0 Å². The van der Waals surface area contributed by atoms with E-state index in [2.05, 4.69) is 33.7 Å². The van der Waals surface area contributed by atoms with Crippen molar-refractivity contribution in [1.29, 1.82) is 0 Å². The zero-order valence-electron chi connectivity index (χ0n) is 20.3. The van der Waals surface area contributed by atoms with E-state index in [4.69, 9.17) is 4.74 Å². The van der Waals surface area contributed by atoms with Gasteiger partial charge < -0.3 is 20.3 Å². The molecule has 1 saturated heterocycles. The first-order valence-electron chi connectivity index (χ1n) is 11.3. The molecule has 8 nitrogen and oxygen atoms in total. The van der Waals surface area contributed by atoms with Gasteiger partial charge in [0.25, 0.3) is 5.91 Å². The van der Waals surface area contributed by atoms with Gasteiger partial charge in [-0.15, -0.1) is 24.0 Å². The van der Waals surface area contributed by atoms with E-state index in [1.807, 2.05) is 54.6 Å². The van der Waals surface area contributed by atoms with Gasteiger partial charge >= 0.3 is 0 Å². The van der Waals surface area contributed by atoms with Gasteiger partial charge in [-0.2, -0.15) is 5.10 Å². The van der Waals surface area contributed by atoms with E-state index in [9.17, 15) is 4.79 Å². The summed E-state index contributed by atoms with van der Waals surface area (Å²) in [6, 6.07) is 9.87. The Hall–Kier alpha value is -2.14. The number of carbonyl (C=O) groups excluding carboxylic acids is 1. The SMILES string of the molecule is CN=C(NCCCn1nc(C)cc1C)NCc1ccc(C(=O)N2CC(C)OC(C)C2)cc1.I. The molecule has 0 radical (unpaired) electrons. The van der Waals surface area contributed by atoms with Gasteiger partial charge in [0.15, 0.2) is 5.96 Å². The minimum atomic E-state index is 0. The minimum Gasteiger partial charge on any atom is -0.372 e. The summed E-state index contributed by atoms with van der Waals surface area (Å²) >= 11 is 0. The molecule has 2 aromatic rings. The number of hydrogen-bond acceptors (Lipinski definition) is 4. The normalized spacial score (nSPS) is 18.6. The molecule has 1 aliphatic rings. The number of hydrogen-bond donors (Lipinski definition) is 2. The molecule has 0 aliphatic carbocycles. The Morgan fingerprint density at radius 3 is 2.39 bits per heavy atom. The number of aromatic nitrogens is 2. The van der Waals surface area contributed by atoms with Gasteiger partial charge in [-0.1, -0.05) is 12.1 Å². The summed E-state index contributed by atoms with van der Waals surface area (Å²) in [5, 5.41) is 11.2. The van der Waals surface area contributed by atoms with Crippen LogP contribution in [-0.2, 0) is 17.8 Å². The van der Waals surface area contributed by atoms with Crippen LogP contribution in [0.2, 0.25) is 0 Å². The Labute approximate surface area is 214 Å². The first kappa shape index (κ1) is 27.1. The van der Waals surface area contributed by atoms with Gasteiger partial charge in [-0.25, -0.2) is 0 Å². The third-order valence-corrected chi connectivity index (χ3v) is 5.53. The van der Waals surface area contributed by atoms with Gasteiger partial charge in [-0.3, -0.25) is 14.5 Å². The number of halogens is 1. The zero-order valence-corrected chi connectivity index (χ0v) is 22.6. The summed E-state index contributed by atoms with van der Waals surface area (Å²) in [7, 11) is 1.77. The molecule has 1 aromatic carbocycles. The lowest BCUT2D eigenvalue weighted by Crippen LogP contribution is -2.48. The second-order valence-electron chi connectivity index (χ2n) is 8.52. The van der Waals surface area contributed by atoms with Crippen LogP contribution in [0.5, 0.6) is 0 Å². The minimum absolute atomic E-state index is 0. The number of carbonyl (C=O) groups is 1. The van der Waals surface area contributed by atoms with E-state index < -0.39 is 0 Å². The number of morpholine rings is 1. The molecule has 33 heavy (non-hydrogen) atoms. The second kappa shape index (κ2) is 12.9. The van der Waals surface area contributed by atoms with Crippen molar-refractivity contribution >= 4 is 35.8 Å². The third kappa shape index (κ3) is 7.99. The van der Waals surface area contributed by atoms with Crippen LogP contribution in [0.15, 0.2) is 35.3 Å². The smallest absolute Gasteiger partial charge is 0.254 e. The molecule has 3 rings (SSSR count). The Bertz CT molecular complexity index is 918. The predicted octanol–water partition coefficient (Wildman–Crippen LogP) is 3.12. The Morgan fingerprint density at radius 2 is 1.82 bits per heavy atom. The Kier molecular flexibility index (Phi) is 10.6. The van der Waals surface area contributed by atoms with E-state index in [-0.39, 0.29) is 42.1 Å². The number of rotatable bonds is 7. The second-order valence-corrected chi connectivity index (χ2v) is 8.52. The number of benzene rings is 1. The molecule has 2 N–H and O–H groups in total. The summed E-state index contributed by atoms with van der Waals surface area (Å²) in [6.45, 7) is 11.7.